The van der Waals surface area contributed by atoms with Gasteiger partial charge in [-0.1, -0.05) is 0 Å². The van der Waals surface area contributed by atoms with E-state index in [1.54, 1.807) is 0 Å². The molecule has 1 heterocycles. The number of nitrogens with two attached hydrogens (primary N) is 1. The Hall–Kier alpha value is -1.50. The van der Waals surface area contributed by atoms with Gasteiger partial charge in [-0.2, -0.15) is 0 Å². The van der Waals surface area contributed by atoms with Gasteiger partial charge in [-0.3, -0.25) is 4.72 Å². The Morgan fingerprint density at radius 3 is 2.81 bits per heavy atom. The van der Waals surface area contributed by atoms with Gasteiger partial charge in [0, 0.05) is 6.07 Å². The first-order valence-corrected chi connectivity index (χ1v) is 6.73. The highest BCUT2D eigenvalue weighted by atomic mass is 32.2. The smallest absolute Gasteiger partial charge is 0.230 e. The molecule has 0 unspecified atom stereocenters. The predicted molar refractivity (Wildman–Crippen MR) is 60.8 cm³/mol. The van der Waals surface area contributed by atoms with Crippen molar-refractivity contribution in [2.24, 2.45) is 0 Å². The summed E-state index contributed by atoms with van der Waals surface area (Å²) in [4.78, 5) is 3.86. The van der Waals surface area contributed by atoms with E-state index in [-0.39, 0.29) is 11.9 Å². The molecule has 0 radical (unpaired) electrons. The summed E-state index contributed by atoms with van der Waals surface area (Å²) in [5.41, 5.74) is 6.07. The van der Waals surface area contributed by atoms with Crippen LogP contribution >= 0.6 is 0 Å². The van der Waals surface area contributed by atoms with Gasteiger partial charge in [-0.05, 0) is 12.8 Å². The zero-order chi connectivity index (χ0) is 11.8. The minimum absolute atomic E-state index is 0.204. The fraction of sp³-hybridized carbons (Fsp3) is 0.444. The molecule has 0 saturated heterocycles. The minimum Gasteiger partial charge on any atom is -0.488 e. The van der Waals surface area contributed by atoms with Crippen molar-refractivity contribution in [2.75, 3.05) is 16.7 Å². The van der Waals surface area contributed by atoms with Crippen LogP contribution in [0.3, 0.4) is 0 Å². The lowest BCUT2D eigenvalue weighted by Crippen LogP contribution is -2.11. The molecule has 6 nitrogen and oxygen atoms in total. The average Bonchev–Trinajstić information content (AvgIpc) is 2.92. The minimum atomic E-state index is -3.33. The number of hydrogen-bond donors (Lipinski definition) is 2. The van der Waals surface area contributed by atoms with Crippen LogP contribution in [0.4, 0.5) is 11.5 Å². The monoisotopic (exact) mass is 243 g/mol. The normalized spacial score (nSPS) is 15.8. The van der Waals surface area contributed by atoms with Crippen LogP contribution in [0.5, 0.6) is 5.75 Å². The summed E-state index contributed by atoms with van der Waals surface area (Å²) in [6.45, 7) is 0. The van der Waals surface area contributed by atoms with E-state index >= 15 is 0 Å². The maximum absolute atomic E-state index is 11.0. The van der Waals surface area contributed by atoms with Gasteiger partial charge in [-0.25, -0.2) is 13.4 Å². The third-order valence-corrected chi connectivity index (χ3v) is 2.58. The fourth-order valence-corrected chi connectivity index (χ4v) is 1.65. The Labute approximate surface area is 93.9 Å². The van der Waals surface area contributed by atoms with E-state index in [9.17, 15) is 8.42 Å². The molecule has 0 aromatic carbocycles. The summed E-state index contributed by atoms with van der Waals surface area (Å²) >= 11 is 0. The number of pyridine rings is 1. The summed E-state index contributed by atoms with van der Waals surface area (Å²) in [6, 6.07) is 1.49. The van der Waals surface area contributed by atoms with Crippen molar-refractivity contribution in [3.63, 3.8) is 0 Å². The maximum Gasteiger partial charge on any atom is 0.230 e. The van der Waals surface area contributed by atoms with E-state index in [1.807, 2.05) is 0 Å². The van der Waals surface area contributed by atoms with Crippen molar-refractivity contribution in [3.05, 3.63) is 12.3 Å². The number of anilines is 2. The molecule has 1 fully saturated rings. The number of nitrogens with zero attached hydrogens (tertiary/aromatic N) is 1. The van der Waals surface area contributed by atoms with Gasteiger partial charge < -0.3 is 10.5 Å². The lowest BCUT2D eigenvalue weighted by Gasteiger charge is -2.09. The molecule has 1 aromatic rings. The van der Waals surface area contributed by atoms with Crippen molar-refractivity contribution in [1.82, 2.24) is 4.98 Å². The van der Waals surface area contributed by atoms with E-state index in [0.29, 0.717) is 11.4 Å². The second-order valence-electron chi connectivity index (χ2n) is 3.80. The zero-order valence-electron chi connectivity index (χ0n) is 8.80. The van der Waals surface area contributed by atoms with Gasteiger partial charge in [-0.15, -0.1) is 0 Å². The molecule has 1 aliphatic carbocycles. The summed E-state index contributed by atoms with van der Waals surface area (Å²) < 4.78 is 29.8. The van der Waals surface area contributed by atoms with Gasteiger partial charge in [0.05, 0.1) is 24.2 Å². The quantitative estimate of drug-likeness (QED) is 0.806. The van der Waals surface area contributed by atoms with Crippen LogP contribution in [-0.2, 0) is 10.0 Å². The number of hydrogen-bond acceptors (Lipinski definition) is 5. The maximum atomic E-state index is 11.0. The number of sulfonamides is 1. The van der Waals surface area contributed by atoms with Crippen molar-refractivity contribution in [2.45, 2.75) is 18.9 Å². The number of ether oxygens (including phenoxy) is 1. The third kappa shape index (κ3) is 2.99. The molecule has 0 amide bonds. The molecule has 88 valence electrons. The van der Waals surface area contributed by atoms with Gasteiger partial charge in [0.15, 0.2) is 0 Å². The highest BCUT2D eigenvalue weighted by Crippen LogP contribution is 2.31. The van der Waals surface area contributed by atoms with E-state index in [4.69, 9.17) is 10.5 Å². The van der Waals surface area contributed by atoms with Crippen molar-refractivity contribution in [1.29, 1.82) is 0 Å². The van der Waals surface area contributed by atoms with E-state index < -0.39 is 10.0 Å². The SMILES string of the molecule is CS(=O)(=O)Nc1cc(OC2CC2)c(N)cn1. The molecule has 0 spiro atoms. The van der Waals surface area contributed by atoms with Crippen molar-refractivity contribution >= 4 is 21.5 Å². The molecule has 1 aromatic heterocycles. The van der Waals surface area contributed by atoms with E-state index in [0.717, 1.165) is 19.1 Å². The Morgan fingerprint density at radius 1 is 1.56 bits per heavy atom. The van der Waals surface area contributed by atoms with Crippen LogP contribution in [0.25, 0.3) is 0 Å². The van der Waals surface area contributed by atoms with Crippen LogP contribution in [0.1, 0.15) is 12.8 Å². The second kappa shape index (κ2) is 3.82. The highest BCUT2D eigenvalue weighted by molar-refractivity contribution is 7.92. The first-order valence-electron chi connectivity index (χ1n) is 4.84. The highest BCUT2D eigenvalue weighted by Gasteiger charge is 2.24. The van der Waals surface area contributed by atoms with Crippen LogP contribution in [0, 0.1) is 0 Å². The van der Waals surface area contributed by atoms with Gasteiger partial charge >= 0.3 is 0 Å². The summed E-state index contributed by atoms with van der Waals surface area (Å²) in [5.74, 6) is 0.691. The van der Waals surface area contributed by atoms with Gasteiger partial charge in [0.25, 0.3) is 0 Å². The molecule has 1 aliphatic rings. The van der Waals surface area contributed by atoms with Crippen LogP contribution in [0.2, 0.25) is 0 Å². The predicted octanol–water partition coefficient (Wildman–Crippen LogP) is 0.576. The lowest BCUT2D eigenvalue weighted by atomic mass is 10.4. The fourth-order valence-electron chi connectivity index (χ4n) is 1.16. The second-order valence-corrected chi connectivity index (χ2v) is 5.55. The Balaban J connectivity index is 2.20. The van der Waals surface area contributed by atoms with Crippen molar-refractivity contribution in [3.8, 4) is 5.75 Å². The molecule has 0 atom stereocenters. The zero-order valence-corrected chi connectivity index (χ0v) is 9.62. The molecule has 1 saturated carbocycles. The van der Waals surface area contributed by atoms with E-state index in [2.05, 4.69) is 9.71 Å². The first kappa shape index (κ1) is 11.0. The largest absolute Gasteiger partial charge is 0.488 e. The molecule has 16 heavy (non-hydrogen) atoms. The van der Waals surface area contributed by atoms with Crippen LogP contribution < -0.4 is 15.2 Å². The Bertz CT molecular complexity index is 497. The molecule has 2 rings (SSSR count). The molecule has 0 bridgehead atoms. The van der Waals surface area contributed by atoms with Crippen molar-refractivity contribution < 1.29 is 13.2 Å². The number of rotatable bonds is 4. The lowest BCUT2D eigenvalue weighted by molar-refractivity contribution is 0.305. The Kier molecular flexibility index (Phi) is 2.63. The Morgan fingerprint density at radius 2 is 2.25 bits per heavy atom. The average molecular weight is 243 g/mol. The van der Waals surface area contributed by atoms with Gasteiger partial charge in [0.2, 0.25) is 10.0 Å². The number of nitrogen functional groups attached to an aromatic ring is 1. The number of aromatic nitrogens is 1. The summed E-state index contributed by atoms with van der Waals surface area (Å²) in [7, 11) is -3.33. The molecular formula is C9H13N3O3S. The third-order valence-electron chi connectivity index (χ3n) is 2.00. The van der Waals surface area contributed by atoms with Crippen LogP contribution in [-0.4, -0.2) is 25.8 Å². The number of nitrogens with one attached hydrogen (secondary N) is 1. The molecular weight excluding hydrogens is 230 g/mol. The van der Waals surface area contributed by atoms with E-state index in [1.165, 1.54) is 12.3 Å². The topological polar surface area (TPSA) is 94.3 Å². The first-order chi connectivity index (χ1) is 7.44. The molecule has 3 N–H and O–H groups in total. The standard InChI is InChI=1S/C9H13N3O3S/c1-16(13,14)12-9-4-8(7(10)5-11-9)15-6-2-3-6/h4-6H,2-3,10H2,1H3,(H,11,12). The summed E-state index contributed by atoms with van der Waals surface area (Å²) in [5, 5.41) is 0. The molecule has 7 heteroatoms. The molecule has 0 aliphatic heterocycles. The van der Waals surface area contributed by atoms with Gasteiger partial charge in [0.1, 0.15) is 11.6 Å². The summed E-state index contributed by atoms with van der Waals surface area (Å²) in [6.07, 6.45) is 4.67. The van der Waals surface area contributed by atoms with Crippen LogP contribution in [0.15, 0.2) is 12.3 Å².